The largest absolute Gasteiger partial charge is 0.387 e. The van der Waals surface area contributed by atoms with Gasteiger partial charge in [-0.25, -0.2) is 0 Å². The van der Waals surface area contributed by atoms with Gasteiger partial charge in [-0.2, -0.15) is 8.42 Å². The topological polar surface area (TPSA) is 124 Å². The van der Waals surface area contributed by atoms with Crippen molar-refractivity contribution in [1.82, 2.24) is 5.32 Å². The Hall–Kier alpha value is -1.48. The molecule has 0 aliphatic rings. The predicted molar refractivity (Wildman–Crippen MR) is 208 cm³/mol. The number of aliphatic hydroxyl groups is 2. The summed E-state index contributed by atoms with van der Waals surface area (Å²) in [5, 5.41) is 23.3. The van der Waals surface area contributed by atoms with E-state index in [1.807, 2.05) is 0 Å². The van der Waals surface area contributed by atoms with Gasteiger partial charge in [0.1, 0.15) is 6.10 Å². The van der Waals surface area contributed by atoms with Crippen molar-refractivity contribution in [2.24, 2.45) is 0 Å². The van der Waals surface area contributed by atoms with E-state index in [0.717, 1.165) is 38.5 Å². The quantitative estimate of drug-likeness (QED) is 0.0291. The first-order valence-corrected chi connectivity index (χ1v) is 21.9. The highest BCUT2D eigenvalue weighted by Gasteiger charge is 2.27. The van der Waals surface area contributed by atoms with Crippen LogP contribution in [-0.4, -0.2) is 53.1 Å². The zero-order valence-corrected chi connectivity index (χ0v) is 32.5. The average Bonchev–Trinajstić information content (AvgIpc) is 3.06. The van der Waals surface area contributed by atoms with E-state index in [1.165, 1.54) is 128 Å². The molecule has 0 saturated heterocycles. The molecule has 3 unspecified atom stereocenters. The van der Waals surface area contributed by atoms with Gasteiger partial charge in [0.25, 0.3) is 10.1 Å². The SMILES string of the molecule is CCCCCCCCCC/C=C\CCCCCCCCC(O)C(=O)NC(CS(=O)(=O)O)C(O)/C=C/CC/C=C/CCCCCCCCCC. The molecule has 0 fully saturated rings. The highest BCUT2D eigenvalue weighted by atomic mass is 32.2. The molecule has 8 heteroatoms. The van der Waals surface area contributed by atoms with Crippen LogP contribution in [0.2, 0.25) is 0 Å². The average molecular weight is 712 g/mol. The molecule has 0 aromatic carbocycles. The number of carbonyl (C=O) groups is 1. The minimum atomic E-state index is -4.45. The van der Waals surface area contributed by atoms with E-state index in [0.29, 0.717) is 12.8 Å². The summed E-state index contributed by atoms with van der Waals surface area (Å²) in [5.74, 6) is -1.56. The van der Waals surface area contributed by atoms with Crippen LogP contribution in [0.1, 0.15) is 194 Å². The van der Waals surface area contributed by atoms with Crippen LogP contribution in [0.4, 0.5) is 0 Å². The van der Waals surface area contributed by atoms with Crippen LogP contribution < -0.4 is 5.32 Å². The van der Waals surface area contributed by atoms with Crippen molar-refractivity contribution < 1.29 is 28.0 Å². The maximum Gasteiger partial charge on any atom is 0.267 e. The first-order valence-electron chi connectivity index (χ1n) is 20.3. The molecule has 1 amide bonds. The lowest BCUT2D eigenvalue weighted by molar-refractivity contribution is -0.130. The molecule has 0 aliphatic heterocycles. The van der Waals surface area contributed by atoms with Crippen molar-refractivity contribution in [3.63, 3.8) is 0 Å². The van der Waals surface area contributed by atoms with E-state index < -0.39 is 40.0 Å². The van der Waals surface area contributed by atoms with E-state index in [-0.39, 0.29) is 6.42 Å². The summed E-state index contributed by atoms with van der Waals surface area (Å²) in [5.41, 5.74) is 0. The van der Waals surface area contributed by atoms with Crippen LogP contribution in [0.25, 0.3) is 0 Å². The number of aliphatic hydroxyl groups excluding tert-OH is 2. The third-order valence-electron chi connectivity index (χ3n) is 9.15. The highest BCUT2D eigenvalue weighted by Crippen LogP contribution is 2.13. The lowest BCUT2D eigenvalue weighted by atomic mass is 10.0. The van der Waals surface area contributed by atoms with Crippen molar-refractivity contribution in [3.05, 3.63) is 36.5 Å². The van der Waals surface area contributed by atoms with Crippen molar-refractivity contribution in [1.29, 1.82) is 0 Å². The fraction of sp³-hybridized carbons (Fsp3) is 0.829. The normalized spacial score (nSPS) is 14.3. The molecule has 288 valence electrons. The number of allylic oxidation sites excluding steroid dienone is 5. The van der Waals surface area contributed by atoms with Crippen LogP contribution in [0, 0.1) is 0 Å². The second kappa shape index (κ2) is 34.9. The fourth-order valence-corrected chi connectivity index (χ4v) is 6.73. The van der Waals surface area contributed by atoms with Crippen molar-refractivity contribution >= 4 is 16.0 Å². The minimum absolute atomic E-state index is 0.267. The maximum atomic E-state index is 12.6. The molecule has 4 N–H and O–H groups in total. The molecule has 7 nitrogen and oxygen atoms in total. The Labute approximate surface area is 302 Å². The summed E-state index contributed by atoms with van der Waals surface area (Å²) in [7, 11) is -4.45. The van der Waals surface area contributed by atoms with Crippen molar-refractivity contribution in [3.8, 4) is 0 Å². The summed E-state index contributed by atoms with van der Waals surface area (Å²) >= 11 is 0. The van der Waals surface area contributed by atoms with E-state index >= 15 is 0 Å². The van der Waals surface area contributed by atoms with E-state index in [1.54, 1.807) is 6.08 Å². The monoisotopic (exact) mass is 712 g/mol. The molecular weight excluding hydrogens is 635 g/mol. The highest BCUT2D eigenvalue weighted by molar-refractivity contribution is 7.85. The molecule has 0 saturated carbocycles. The number of nitrogens with one attached hydrogen (secondary N) is 1. The molecule has 3 atom stereocenters. The van der Waals surface area contributed by atoms with Gasteiger partial charge in [-0.1, -0.05) is 172 Å². The molecule has 0 bridgehead atoms. The third kappa shape index (κ3) is 34.7. The molecule has 0 aliphatic carbocycles. The smallest absolute Gasteiger partial charge is 0.267 e. The molecule has 0 aromatic rings. The number of rotatable bonds is 36. The predicted octanol–water partition coefficient (Wildman–Crippen LogP) is 10.7. The van der Waals surface area contributed by atoms with Gasteiger partial charge < -0.3 is 15.5 Å². The standard InChI is InChI=1S/C41H77NO6S/c1-3-5-7-9-11-13-15-17-19-20-21-22-24-26-28-30-32-34-36-40(44)41(45)42-38(37-49(46,47)48)39(43)35-33-31-29-27-25-23-18-16-14-12-10-8-6-4-2/h20-21,25,27,33,35,38-40,43-44H,3-19,22-24,26,28-32,34,36-37H2,1-2H3,(H,42,45)(H,46,47,48)/b21-20-,27-25+,35-33+. The number of amides is 1. The van der Waals surface area contributed by atoms with E-state index in [4.69, 9.17) is 0 Å². The van der Waals surface area contributed by atoms with E-state index in [9.17, 15) is 28.0 Å². The van der Waals surface area contributed by atoms with Crippen LogP contribution in [0.3, 0.4) is 0 Å². The van der Waals surface area contributed by atoms with Crippen LogP contribution in [0.15, 0.2) is 36.5 Å². The number of carbonyl (C=O) groups excluding carboxylic acids is 1. The summed E-state index contributed by atoms with van der Waals surface area (Å²) in [6.07, 6.45) is 42.0. The molecule has 0 spiro atoms. The Bertz CT molecular complexity index is 932. The summed E-state index contributed by atoms with van der Waals surface area (Å²) < 4.78 is 32.5. The Morgan fingerprint density at radius 3 is 1.35 bits per heavy atom. The fourth-order valence-electron chi connectivity index (χ4n) is 6.00. The minimum Gasteiger partial charge on any atom is -0.387 e. The summed E-state index contributed by atoms with van der Waals surface area (Å²) in [4.78, 5) is 12.6. The Kier molecular flexibility index (Phi) is 33.9. The lowest BCUT2D eigenvalue weighted by Crippen LogP contribution is -2.50. The van der Waals surface area contributed by atoms with Crippen molar-refractivity contribution in [2.45, 2.75) is 212 Å². The molecule has 0 rings (SSSR count). The molecular formula is C41H77NO6S. The molecule has 0 aromatic heterocycles. The van der Waals surface area contributed by atoms with Crippen LogP contribution in [0.5, 0.6) is 0 Å². The second-order valence-corrected chi connectivity index (χ2v) is 15.5. The van der Waals surface area contributed by atoms with Gasteiger partial charge in [0.05, 0.1) is 17.9 Å². The Morgan fingerprint density at radius 2 is 0.918 bits per heavy atom. The van der Waals surface area contributed by atoms with Crippen molar-refractivity contribution in [2.75, 3.05) is 5.75 Å². The first kappa shape index (κ1) is 47.5. The van der Waals surface area contributed by atoms with Gasteiger partial charge in [0, 0.05) is 0 Å². The Morgan fingerprint density at radius 1 is 0.551 bits per heavy atom. The number of hydrogen-bond acceptors (Lipinski definition) is 5. The third-order valence-corrected chi connectivity index (χ3v) is 9.93. The number of unbranched alkanes of at least 4 members (excludes halogenated alkanes) is 23. The van der Waals surface area contributed by atoms with Gasteiger partial charge >= 0.3 is 0 Å². The zero-order chi connectivity index (χ0) is 36.3. The zero-order valence-electron chi connectivity index (χ0n) is 31.7. The van der Waals surface area contributed by atoms with E-state index in [2.05, 4.69) is 43.5 Å². The lowest BCUT2D eigenvalue weighted by Gasteiger charge is -2.22. The van der Waals surface area contributed by atoms with Gasteiger partial charge in [-0.3, -0.25) is 9.35 Å². The summed E-state index contributed by atoms with van der Waals surface area (Å²) in [6, 6.07) is -1.25. The summed E-state index contributed by atoms with van der Waals surface area (Å²) in [6.45, 7) is 4.49. The molecule has 0 radical (unpaired) electrons. The molecule has 0 heterocycles. The van der Waals surface area contributed by atoms with Crippen LogP contribution >= 0.6 is 0 Å². The van der Waals surface area contributed by atoms with Gasteiger partial charge in [-0.05, 0) is 57.8 Å². The van der Waals surface area contributed by atoms with Gasteiger partial charge in [0.15, 0.2) is 0 Å². The van der Waals surface area contributed by atoms with Gasteiger partial charge in [0.2, 0.25) is 5.91 Å². The van der Waals surface area contributed by atoms with Gasteiger partial charge in [-0.15, -0.1) is 0 Å². The molecule has 49 heavy (non-hydrogen) atoms. The first-order chi connectivity index (χ1) is 23.7. The Balaban J connectivity index is 4.09. The second-order valence-electron chi connectivity index (χ2n) is 14.0. The maximum absolute atomic E-state index is 12.6. The van der Waals surface area contributed by atoms with Crippen LogP contribution in [-0.2, 0) is 14.9 Å². The number of hydrogen-bond donors (Lipinski definition) is 4.